The van der Waals surface area contributed by atoms with Crippen molar-refractivity contribution >= 4 is 33.2 Å². The molecule has 0 amide bonds. The Morgan fingerprint density at radius 1 is 1.11 bits per heavy atom. The Bertz CT molecular complexity index is 664. The molecule has 0 bridgehead atoms. The number of hydrogen-bond donors (Lipinski definition) is 1. The molecule has 2 aromatic rings. The number of nitrogens with two attached hydrogens (primary N) is 1. The first kappa shape index (κ1) is 13.0. The molecule has 1 aliphatic carbocycles. The first-order valence-electron chi connectivity index (χ1n) is 6.43. The zero-order valence-electron chi connectivity index (χ0n) is 10.8. The van der Waals surface area contributed by atoms with Crippen molar-refractivity contribution in [3.05, 3.63) is 50.5 Å². The lowest BCUT2D eigenvalue weighted by Crippen LogP contribution is -1.96. The van der Waals surface area contributed by atoms with Gasteiger partial charge in [-0.1, -0.05) is 27.5 Å². The van der Waals surface area contributed by atoms with Crippen LogP contribution in [-0.2, 0) is 12.8 Å². The van der Waals surface area contributed by atoms with Crippen LogP contribution in [0, 0.1) is 6.92 Å². The van der Waals surface area contributed by atoms with E-state index in [1.165, 1.54) is 23.1 Å². The van der Waals surface area contributed by atoms with Crippen molar-refractivity contribution in [2.24, 2.45) is 0 Å². The van der Waals surface area contributed by atoms with Gasteiger partial charge in [0, 0.05) is 15.2 Å². The molecule has 3 rings (SSSR count). The molecule has 0 spiro atoms. The van der Waals surface area contributed by atoms with Gasteiger partial charge in [-0.15, -0.1) is 0 Å². The second-order valence-electron chi connectivity index (χ2n) is 5.11. The molecule has 2 N–H and O–H groups in total. The summed E-state index contributed by atoms with van der Waals surface area (Å²) < 4.78 is 1.13. The van der Waals surface area contributed by atoms with Crippen LogP contribution in [-0.4, -0.2) is 0 Å². The Morgan fingerprint density at radius 2 is 1.89 bits per heavy atom. The number of aryl methyl sites for hydroxylation is 1. The van der Waals surface area contributed by atoms with Gasteiger partial charge < -0.3 is 5.73 Å². The quantitative estimate of drug-likeness (QED) is 0.716. The normalized spacial score (nSPS) is 13.6. The molecule has 98 valence electrons. The predicted molar refractivity (Wildman–Crippen MR) is 85.8 cm³/mol. The highest BCUT2D eigenvalue weighted by Gasteiger charge is 2.18. The fourth-order valence-electron chi connectivity index (χ4n) is 2.89. The molecule has 1 aliphatic rings. The van der Waals surface area contributed by atoms with Crippen LogP contribution in [0.1, 0.15) is 23.1 Å². The fraction of sp³-hybridized carbons (Fsp3) is 0.250. The van der Waals surface area contributed by atoms with Gasteiger partial charge in [0.15, 0.2) is 0 Å². The van der Waals surface area contributed by atoms with Crippen LogP contribution in [0.25, 0.3) is 11.1 Å². The number of benzene rings is 2. The van der Waals surface area contributed by atoms with E-state index in [1.54, 1.807) is 0 Å². The third kappa shape index (κ3) is 2.28. The summed E-state index contributed by atoms with van der Waals surface area (Å²) in [6.45, 7) is 2.06. The summed E-state index contributed by atoms with van der Waals surface area (Å²) in [6, 6.07) is 8.25. The molecule has 0 fully saturated rings. The van der Waals surface area contributed by atoms with Crippen molar-refractivity contribution in [3.8, 4) is 11.1 Å². The Hall–Kier alpha value is -0.990. The number of halogens is 2. The lowest BCUT2D eigenvalue weighted by Gasteiger charge is -2.14. The van der Waals surface area contributed by atoms with Gasteiger partial charge in [0.25, 0.3) is 0 Å². The van der Waals surface area contributed by atoms with Gasteiger partial charge in [-0.2, -0.15) is 0 Å². The maximum absolute atomic E-state index is 6.17. The van der Waals surface area contributed by atoms with E-state index in [4.69, 9.17) is 17.3 Å². The van der Waals surface area contributed by atoms with E-state index in [0.717, 1.165) is 34.1 Å². The maximum Gasteiger partial charge on any atom is 0.0432 e. The molecule has 0 atom stereocenters. The van der Waals surface area contributed by atoms with Crippen LogP contribution in [0.4, 0.5) is 5.69 Å². The van der Waals surface area contributed by atoms with Gasteiger partial charge in [-0.05, 0) is 78.3 Å². The number of hydrogen-bond acceptors (Lipinski definition) is 1. The van der Waals surface area contributed by atoms with Crippen LogP contribution >= 0.6 is 27.5 Å². The minimum atomic E-state index is 0.699. The Labute approximate surface area is 126 Å². The molecule has 19 heavy (non-hydrogen) atoms. The van der Waals surface area contributed by atoms with Crippen LogP contribution in [0.3, 0.4) is 0 Å². The van der Waals surface area contributed by atoms with Gasteiger partial charge in [0.05, 0.1) is 0 Å². The average Bonchev–Trinajstić information content (AvgIpc) is 2.80. The van der Waals surface area contributed by atoms with Gasteiger partial charge >= 0.3 is 0 Å². The smallest absolute Gasteiger partial charge is 0.0432 e. The molecule has 1 nitrogen and oxygen atoms in total. The number of anilines is 1. The zero-order chi connectivity index (χ0) is 13.6. The summed E-state index contributed by atoms with van der Waals surface area (Å²) in [4.78, 5) is 0. The average molecular weight is 337 g/mol. The number of rotatable bonds is 1. The summed E-state index contributed by atoms with van der Waals surface area (Å²) in [5.74, 6) is 0. The van der Waals surface area contributed by atoms with Crippen LogP contribution in [0.5, 0.6) is 0 Å². The molecular formula is C16H15BrClN. The topological polar surface area (TPSA) is 26.0 Å². The summed E-state index contributed by atoms with van der Waals surface area (Å²) in [7, 11) is 0. The van der Waals surface area contributed by atoms with Crippen molar-refractivity contribution in [2.75, 3.05) is 5.73 Å². The molecular weight excluding hydrogens is 322 g/mol. The third-order valence-corrected chi connectivity index (χ3v) is 4.56. The minimum Gasteiger partial charge on any atom is -0.398 e. The van der Waals surface area contributed by atoms with E-state index in [-0.39, 0.29) is 0 Å². The second-order valence-corrected chi connectivity index (χ2v) is 6.46. The molecule has 0 unspecified atom stereocenters. The summed E-state index contributed by atoms with van der Waals surface area (Å²) in [5, 5.41) is 0.699. The molecule has 0 aromatic heterocycles. The maximum atomic E-state index is 6.17. The molecule has 0 saturated heterocycles. The van der Waals surface area contributed by atoms with E-state index in [0.29, 0.717) is 5.02 Å². The highest BCUT2D eigenvalue weighted by atomic mass is 79.9. The third-order valence-electron chi connectivity index (χ3n) is 3.88. The highest BCUT2D eigenvalue weighted by Crippen LogP contribution is 2.39. The molecule has 0 heterocycles. The Kier molecular flexibility index (Phi) is 3.32. The second kappa shape index (κ2) is 4.84. The SMILES string of the molecule is Cc1c(N)cc(Cl)cc1-c1cc(Br)cc2c1CCC2. The van der Waals surface area contributed by atoms with E-state index >= 15 is 0 Å². The minimum absolute atomic E-state index is 0.699. The molecule has 3 heteroatoms. The molecule has 0 radical (unpaired) electrons. The van der Waals surface area contributed by atoms with Crippen LogP contribution in [0.2, 0.25) is 5.02 Å². The van der Waals surface area contributed by atoms with Crippen LogP contribution < -0.4 is 5.73 Å². The van der Waals surface area contributed by atoms with Crippen molar-refractivity contribution in [1.29, 1.82) is 0 Å². The lowest BCUT2D eigenvalue weighted by atomic mass is 9.93. The van der Waals surface area contributed by atoms with E-state index in [1.807, 2.05) is 12.1 Å². The van der Waals surface area contributed by atoms with Crippen molar-refractivity contribution < 1.29 is 0 Å². The summed E-state index contributed by atoms with van der Waals surface area (Å²) in [6.07, 6.45) is 3.54. The monoisotopic (exact) mass is 335 g/mol. The number of nitrogen functional groups attached to an aromatic ring is 1. The van der Waals surface area contributed by atoms with Gasteiger partial charge in [0.2, 0.25) is 0 Å². The highest BCUT2D eigenvalue weighted by molar-refractivity contribution is 9.10. The lowest BCUT2D eigenvalue weighted by molar-refractivity contribution is 0.912. The Morgan fingerprint density at radius 3 is 2.68 bits per heavy atom. The first-order chi connectivity index (χ1) is 9.06. The van der Waals surface area contributed by atoms with Gasteiger partial charge in [0.1, 0.15) is 0 Å². The van der Waals surface area contributed by atoms with E-state index < -0.39 is 0 Å². The van der Waals surface area contributed by atoms with E-state index in [9.17, 15) is 0 Å². The van der Waals surface area contributed by atoms with E-state index in [2.05, 4.69) is 35.0 Å². The molecule has 0 aliphatic heterocycles. The summed E-state index contributed by atoms with van der Waals surface area (Å²) >= 11 is 9.78. The standard InChI is InChI=1S/C16H15BrClN/c1-9-14(7-12(18)8-16(9)19)15-6-11(17)5-10-3-2-4-13(10)15/h5-8H,2-4,19H2,1H3. The van der Waals surface area contributed by atoms with Crippen molar-refractivity contribution in [3.63, 3.8) is 0 Å². The van der Waals surface area contributed by atoms with Crippen molar-refractivity contribution in [1.82, 2.24) is 0 Å². The Balaban J connectivity index is 2.29. The molecule has 0 saturated carbocycles. The summed E-state index contributed by atoms with van der Waals surface area (Å²) in [5.41, 5.74) is 13.2. The predicted octanol–water partition coefficient (Wildman–Crippen LogP) is 5.15. The molecule has 2 aromatic carbocycles. The van der Waals surface area contributed by atoms with Gasteiger partial charge in [-0.3, -0.25) is 0 Å². The largest absolute Gasteiger partial charge is 0.398 e. The van der Waals surface area contributed by atoms with Crippen molar-refractivity contribution in [2.45, 2.75) is 26.2 Å². The van der Waals surface area contributed by atoms with Crippen LogP contribution in [0.15, 0.2) is 28.7 Å². The zero-order valence-corrected chi connectivity index (χ0v) is 13.1. The fourth-order valence-corrected chi connectivity index (χ4v) is 3.62. The number of fused-ring (bicyclic) bond motifs is 1. The first-order valence-corrected chi connectivity index (χ1v) is 7.60. The van der Waals surface area contributed by atoms with Gasteiger partial charge in [-0.25, -0.2) is 0 Å².